The third kappa shape index (κ3) is 6.13. The highest BCUT2D eigenvalue weighted by atomic mass is 19.4. The Bertz CT molecular complexity index is 878. The highest BCUT2D eigenvalue weighted by Gasteiger charge is 2.41. The van der Waals surface area contributed by atoms with Crippen molar-refractivity contribution in [1.29, 1.82) is 0 Å². The maximum Gasteiger partial charge on any atom is 0.391 e. The number of nitrogens with one attached hydrogen (secondary N) is 3. The second-order valence-electron chi connectivity index (χ2n) is 9.92. The van der Waals surface area contributed by atoms with Crippen molar-refractivity contribution >= 4 is 23.3 Å². The second-order valence-corrected chi connectivity index (χ2v) is 9.92. The van der Waals surface area contributed by atoms with Crippen LogP contribution in [0.3, 0.4) is 0 Å². The topological polar surface area (TPSA) is 86.4 Å². The van der Waals surface area contributed by atoms with Gasteiger partial charge in [0.15, 0.2) is 0 Å². The molecule has 2 aliphatic heterocycles. The minimum absolute atomic E-state index is 0.0238. The molecule has 4 rings (SSSR count). The average molecular weight is 482 g/mol. The van der Waals surface area contributed by atoms with Gasteiger partial charge in [-0.25, -0.2) is 4.98 Å². The number of aryl methyl sites for hydroxylation is 1. The van der Waals surface area contributed by atoms with Crippen molar-refractivity contribution in [2.45, 2.75) is 64.1 Å². The van der Waals surface area contributed by atoms with Crippen molar-refractivity contribution < 1.29 is 22.8 Å². The van der Waals surface area contributed by atoms with Crippen LogP contribution >= 0.6 is 0 Å². The Balaban J connectivity index is 1.20. The summed E-state index contributed by atoms with van der Waals surface area (Å²) in [6.45, 7) is 3.92. The van der Waals surface area contributed by atoms with Crippen LogP contribution < -0.4 is 20.9 Å². The predicted molar refractivity (Wildman–Crippen MR) is 123 cm³/mol. The standard InChI is InChI=1S/C24H34F3N5O2/c1-15-20(6-7-21(30-15)32-10-8-18(9-11-32)24(25,26)27)28-13-16-2-4-19(5-3-16)31-23(34)17-12-22(33)29-14-17/h6-7,16-19,28H,2-5,8-14H2,1H3,(H,29,33)(H,31,34)/t16-,17?,19-. The van der Waals surface area contributed by atoms with Crippen LogP contribution in [-0.2, 0) is 9.59 Å². The molecule has 0 bridgehead atoms. The SMILES string of the molecule is Cc1nc(N2CCC(C(F)(F)F)CC2)ccc1NC[C@H]1CC[C@H](NC(=O)C2CNC(=O)C2)CC1. The Morgan fingerprint density at radius 2 is 1.85 bits per heavy atom. The zero-order valence-electron chi connectivity index (χ0n) is 19.6. The smallest absolute Gasteiger partial charge is 0.383 e. The lowest BCUT2D eigenvalue weighted by molar-refractivity contribution is -0.179. The largest absolute Gasteiger partial charge is 0.391 e. The predicted octanol–water partition coefficient (Wildman–Crippen LogP) is 3.39. The summed E-state index contributed by atoms with van der Waals surface area (Å²) in [5, 5.41) is 9.29. The zero-order valence-corrected chi connectivity index (χ0v) is 19.6. The summed E-state index contributed by atoms with van der Waals surface area (Å²) >= 11 is 0. The Kier molecular flexibility index (Phi) is 7.52. The molecule has 3 heterocycles. The number of carbonyl (C=O) groups excluding carboxylic acids is 2. The van der Waals surface area contributed by atoms with Gasteiger partial charge in [0, 0.05) is 38.6 Å². The number of halogens is 3. The molecule has 1 aromatic rings. The Labute approximate surface area is 198 Å². The van der Waals surface area contributed by atoms with Gasteiger partial charge < -0.3 is 20.9 Å². The van der Waals surface area contributed by atoms with E-state index in [9.17, 15) is 22.8 Å². The number of alkyl halides is 3. The third-order valence-electron chi connectivity index (χ3n) is 7.48. The summed E-state index contributed by atoms with van der Waals surface area (Å²) in [7, 11) is 0. The maximum absolute atomic E-state index is 12.9. The maximum atomic E-state index is 12.9. The van der Waals surface area contributed by atoms with E-state index in [4.69, 9.17) is 0 Å². The van der Waals surface area contributed by atoms with Crippen LogP contribution in [0.5, 0.6) is 0 Å². The lowest BCUT2D eigenvalue weighted by atomic mass is 9.85. The first kappa shape index (κ1) is 24.6. The van der Waals surface area contributed by atoms with E-state index >= 15 is 0 Å². The number of aromatic nitrogens is 1. The van der Waals surface area contributed by atoms with E-state index in [-0.39, 0.29) is 43.0 Å². The minimum atomic E-state index is -4.11. The molecule has 0 radical (unpaired) electrons. The van der Waals surface area contributed by atoms with Crippen molar-refractivity contribution in [3.8, 4) is 0 Å². The summed E-state index contributed by atoms with van der Waals surface area (Å²) in [4.78, 5) is 30.2. The molecule has 1 aliphatic carbocycles. The Morgan fingerprint density at radius 3 is 2.44 bits per heavy atom. The number of carbonyl (C=O) groups is 2. The molecular formula is C24H34F3N5O2. The minimum Gasteiger partial charge on any atom is -0.383 e. The summed E-state index contributed by atoms with van der Waals surface area (Å²) in [5.41, 5.74) is 1.79. The molecule has 1 saturated carbocycles. The van der Waals surface area contributed by atoms with Crippen molar-refractivity contribution in [3.63, 3.8) is 0 Å². The van der Waals surface area contributed by atoms with Gasteiger partial charge in [0.05, 0.1) is 23.2 Å². The van der Waals surface area contributed by atoms with Gasteiger partial charge in [0.2, 0.25) is 11.8 Å². The van der Waals surface area contributed by atoms with E-state index < -0.39 is 12.1 Å². The van der Waals surface area contributed by atoms with Crippen molar-refractivity contribution in [1.82, 2.24) is 15.6 Å². The monoisotopic (exact) mass is 481 g/mol. The quantitative estimate of drug-likeness (QED) is 0.580. The molecule has 7 nitrogen and oxygen atoms in total. The van der Waals surface area contributed by atoms with Gasteiger partial charge in [0.25, 0.3) is 0 Å². The first-order valence-corrected chi connectivity index (χ1v) is 12.3. The average Bonchev–Trinajstić information content (AvgIpc) is 3.25. The number of rotatable bonds is 6. The van der Waals surface area contributed by atoms with Gasteiger partial charge in [-0.1, -0.05) is 0 Å². The van der Waals surface area contributed by atoms with Gasteiger partial charge >= 0.3 is 6.18 Å². The fourth-order valence-electron chi connectivity index (χ4n) is 5.22. The lowest BCUT2D eigenvalue weighted by Crippen LogP contribution is -2.42. The number of anilines is 2. The van der Waals surface area contributed by atoms with Gasteiger partial charge in [0.1, 0.15) is 5.82 Å². The summed E-state index contributed by atoms with van der Waals surface area (Å²) in [6, 6.07) is 4.03. The van der Waals surface area contributed by atoms with E-state index in [0.717, 1.165) is 49.4 Å². The number of nitrogens with zero attached hydrogens (tertiary/aromatic N) is 2. The Morgan fingerprint density at radius 1 is 1.15 bits per heavy atom. The van der Waals surface area contributed by atoms with E-state index in [2.05, 4.69) is 20.9 Å². The normalized spacial score (nSPS) is 26.3. The number of pyridine rings is 1. The third-order valence-corrected chi connectivity index (χ3v) is 7.48. The van der Waals surface area contributed by atoms with Crippen LogP contribution in [0.1, 0.15) is 50.6 Å². The van der Waals surface area contributed by atoms with Gasteiger partial charge in [-0.05, 0) is 63.5 Å². The number of hydrogen-bond donors (Lipinski definition) is 3. The molecule has 2 amide bonds. The van der Waals surface area contributed by atoms with E-state index in [0.29, 0.717) is 25.6 Å². The lowest BCUT2D eigenvalue weighted by Gasteiger charge is -2.34. The molecule has 34 heavy (non-hydrogen) atoms. The molecule has 2 saturated heterocycles. The molecule has 0 spiro atoms. The van der Waals surface area contributed by atoms with Gasteiger partial charge in [-0.2, -0.15) is 13.2 Å². The van der Waals surface area contributed by atoms with Crippen LogP contribution in [0.2, 0.25) is 0 Å². The molecule has 1 aromatic heterocycles. The summed E-state index contributed by atoms with van der Waals surface area (Å²) in [5.74, 6) is -0.301. The number of amides is 2. The molecule has 3 fully saturated rings. The fraction of sp³-hybridized carbons (Fsp3) is 0.708. The molecule has 188 valence electrons. The Hall–Kier alpha value is -2.52. The summed E-state index contributed by atoms with van der Waals surface area (Å²) < 4.78 is 38.7. The summed E-state index contributed by atoms with van der Waals surface area (Å²) in [6.07, 6.45) is 0.278. The van der Waals surface area contributed by atoms with Crippen LogP contribution in [0.15, 0.2) is 12.1 Å². The van der Waals surface area contributed by atoms with Gasteiger partial charge in [-0.3, -0.25) is 9.59 Å². The van der Waals surface area contributed by atoms with Gasteiger partial charge in [-0.15, -0.1) is 0 Å². The first-order valence-electron chi connectivity index (χ1n) is 12.3. The number of hydrogen-bond acceptors (Lipinski definition) is 5. The van der Waals surface area contributed by atoms with E-state index in [1.54, 1.807) is 0 Å². The second kappa shape index (κ2) is 10.4. The van der Waals surface area contributed by atoms with Crippen LogP contribution in [0.4, 0.5) is 24.7 Å². The molecule has 1 atom stereocenters. The van der Waals surface area contributed by atoms with Crippen LogP contribution in [0, 0.1) is 24.7 Å². The van der Waals surface area contributed by atoms with Crippen molar-refractivity contribution in [3.05, 3.63) is 17.8 Å². The molecule has 1 unspecified atom stereocenters. The van der Waals surface area contributed by atoms with E-state index in [1.807, 2.05) is 24.0 Å². The molecule has 3 N–H and O–H groups in total. The molecular weight excluding hydrogens is 447 g/mol. The van der Waals surface area contributed by atoms with E-state index in [1.165, 1.54) is 0 Å². The van der Waals surface area contributed by atoms with Crippen LogP contribution in [-0.4, -0.2) is 55.2 Å². The highest BCUT2D eigenvalue weighted by molar-refractivity contribution is 5.89. The molecule has 3 aliphatic rings. The number of piperidine rings is 1. The molecule has 0 aromatic carbocycles. The van der Waals surface area contributed by atoms with Crippen molar-refractivity contribution in [2.24, 2.45) is 17.8 Å². The highest BCUT2D eigenvalue weighted by Crippen LogP contribution is 2.35. The zero-order chi connectivity index (χ0) is 24.3. The molecule has 10 heteroatoms. The fourth-order valence-corrected chi connectivity index (χ4v) is 5.22. The van der Waals surface area contributed by atoms with Crippen molar-refractivity contribution in [2.75, 3.05) is 36.4 Å². The first-order chi connectivity index (χ1) is 16.2. The van der Waals surface area contributed by atoms with Crippen LogP contribution in [0.25, 0.3) is 0 Å².